The van der Waals surface area contributed by atoms with Crippen molar-refractivity contribution in [3.63, 3.8) is 0 Å². The van der Waals surface area contributed by atoms with E-state index < -0.39 is 42.3 Å². The number of carbonyl (C=O) groups excluding carboxylic acids is 1. The number of likely N-dealkylation sites (tertiary alicyclic amines) is 1. The van der Waals surface area contributed by atoms with Crippen molar-refractivity contribution < 1.29 is 32.6 Å². The lowest BCUT2D eigenvalue weighted by atomic mass is 9.79. The zero-order valence-corrected chi connectivity index (χ0v) is 10.2. The number of carboxylic acid groups (broad SMARTS) is 1. The number of ether oxygens (including phenoxy) is 1. The van der Waals surface area contributed by atoms with Gasteiger partial charge in [0.25, 0.3) is 0 Å². The smallest absolute Gasteiger partial charge is 0.410 e. The Morgan fingerprint density at radius 1 is 1.22 bits per heavy atom. The molecule has 0 unspecified atom stereocenters. The molecule has 1 aliphatic rings. The maximum Gasteiger partial charge on any atom is 0.410 e. The highest BCUT2D eigenvalue weighted by molar-refractivity contribution is 5.81. The first-order valence-electron chi connectivity index (χ1n) is 5.17. The first kappa shape index (κ1) is 14.6. The Hall–Kier alpha value is -1.47. The van der Waals surface area contributed by atoms with Crippen molar-refractivity contribution in [2.75, 3.05) is 13.1 Å². The van der Waals surface area contributed by atoms with Gasteiger partial charge in [-0.3, -0.25) is 4.79 Å². The highest BCUT2D eigenvalue weighted by Crippen LogP contribution is 2.46. The highest BCUT2D eigenvalue weighted by Gasteiger charge is 2.68. The van der Waals surface area contributed by atoms with E-state index in [0.29, 0.717) is 0 Å². The van der Waals surface area contributed by atoms with Crippen LogP contribution in [0.5, 0.6) is 0 Å². The van der Waals surface area contributed by atoms with Crippen LogP contribution in [0.4, 0.5) is 18.0 Å². The molecule has 0 atom stereocenters. The second-order valence-corrected chi connectivity index (χ2v) is 5.22. The molecule has 0 bridgehead atoms. The minimum absolute atomic E-state index is 0.729. The second-order valence-electron chi connectivity index (χ2n) is 5.22. The standard InChI is InChI=1S/C10H14F3NO4/c1-8(2,3)18-7(17)14-4-9(5-14,6(15)16)10(11,12)13/h4-5H2,1-3H3,(H,15,16). The first-order chi connectivity index (χ1) is 7.89. The van der Waals surface area contributed by atoms with E-state index in [1.807, 2.05) is 0 Å². The molecule has 1 rings (SSSR count). The lowest BCUT2D eigenvalue weighted by Gasteiger charge is -2.47. The van der Waals surface area contributed by atoms with Gasteiger partial charge in [-0.15, -0.1) is 0 Å². The molecule has 5 nitrogen and oxygen atoms in total. The van der Waals surface area contributed by atoms with Crippen LogP contribution in [0.15, 0.2) is 0 Å². The molecule has 0 aromatic carbocycles. The number of alkyl halides is 3. The zero-order valence-electron chi connectivity index (χ0n) is 10.2. The lowest BCUT2D eigenvalue weighted by Crippen LogP contribution is -2.68. The molecular weight excluding hydrogens is 255 g/mol. The average molecular weight is 269 g/mol. The van der Waals surface area contributed by atoms with Gasteiger partial charge < -0.3 is 14.7 Å². The van der Waals surface area contributed by atoms with Crippen molar-refractivity contribution in [1.82, 2.24) is 4.90 Å². The Kier molecular flexibility index (Phi) is 3.27. The van der Waals surface area contributed by atoms with Crippen LogP contribution in [-0.2, 0) is 9.53 Å². The summed E-state index contributed by atoms with van der Waals surface area (Å²) in [6.45, 7) is 2.87. The molecule has 18 heavy (non-hydrogen) atoms. The molecule has 1 N–H and O–H groups in total. The Balaban J connectivity index is 2.72. The van der Waals surface area contributed by atoms with Crippen molar-refractivity contribution in [2.45, 2.75) is 32.5 Å². The third-order valence-electron chi connectivity index (χ3n) is 2.53. The average Bonchev–Trinajstić information content (AvgIpc) is 1.92. The fraction of sp³-hybridized carbons (Fsp3) is 0.800. The van der Waals surface area contributed by atoms with Gasteiger partial charge in [0.15, 0.2) is 5.41 Å². The molecule has 0 radical (unpaired) electrons. The molecule has 0 aromatic heterocycles. The summed E-state index contributed by atoms with van der Waals surface area (Å²) in [7, 11) is 0. The summed E-state index contributed by atoms with van der Waals surface area (Å²) in [4.78, 5) is 22.9. The van der Waals surface area contributed by atoms with Gasteiger partial charge in [-0.2, -0.15) is 13.2 Å². The third kappa shape index (κ3) is 2.51. The number of halogens is 3. The SMILES string of the molecule is CC(C)(C)OC(=O)N1CC(C(=O)O)(C(F)(F)F)C1. The predicted molar refractivity (Wildman–Crippen MR) is 53.9 cm³/mol. The fourth-order valence-corrected chi connectivity index (χ4v) is 1.50. The van der Waals surface area contributed by atoms with Gasteiger partial charge in [0, 0.05) is 0 Å². The summed E-state index contributed by atoms with van der Waals surface area (Å²) in [6, 6.07) is 0. The summed E-state index contributed by atoms with van der Waals surface area (Å²) < 4.78 is 42.7. The summed E-state index contributed by atoms with van der Waals surface area (Å²) in [5, 5.41) is 8.65. The largest absolute Gasteiger partial charge is 0.480 e. The van der Waals surface area contributed by atoms with Gasteiger partial charge in [0.05, 0.1) is 13.1 Å². The highest BCUT2D eigenvalue weighted by atomic mass is 19.4. The van der Waals surface area contributed by atoms with Crippen LogP contribution in [-0.4, -0.2) is 46.9 Å². The normalized spacial score (nSPS) is 19.1. The van der Waals surface area contributed by atoms with Gasteiger partial charge in [0.2, 0.25) is 0 Å². The summed E-state index contributed by atoms with van der Waals surface area (Å²) in [6.07, 6.45) is -5.83. The second kappa shape index (κ2) is 4.03. The van der Waals surface area contributed by atoms with E-state index in [-0.39, 0.29) is 0 Å². The monoisotopic (exact) mass is 269 g/mol. The minimum atomic E-state index is -4.89. The van der Waals surface area contributed by atoms with Crippen LogP contribution in [0.1, 0.15) is 20.8 Å². The predicted octanol–water partition coefficient (Wildman–Crippen LogP) is 1.87. The summed E-state index contributed by atoms with van der Waals surface area (Å²) in [5.41, 5.74) is -3.71. The minimum Gasteiger partial charge on any atom is -0.480 e. The topological polar surface area (TPSA) is 66.8 Å². The fourth-order valence-electron chi connectivity index (χ4n) is 1.50. The molecule has 0 aliphatic carbocycles. The van der Waals surface area contributed by atoms with E-state index in [1.54, 1.807) is 20.8 Å². The zero-order chi connectivity index (χ0) is 14.4. The first-order valence-corrected chi connectivity index (χ1v) is 5.17. The molecule has 0 aromatic rings. The Morgan fingerprint density at radius 3 is 1.94 bits per heavy atom. The number of amides is 1. The molecule has 0 saturated carbocycles. The van der Waals surface area contributed by atoms with E-state index in [0.717, 1.165) is 4.90 Å². The molecule has 1 heterocycles. The van der Waals surface area contributed by atoms with Crippen molar-refractivity contribution >= 4 is 12.1 Å². The quantitative estimate of drug-likeness (QED) is 0.789. The van der Waals surface area contributed by atoms with E-state index >= 15 is 0 Å². The van der Waals surface area contributed by atoms with Crippen LogP contribution in [0.2, 0.25) is 0 Å². The van der Waals surface area contributed by atoms with Crippen molar-refractivity contribution in [1.29, 1.82) is 0 Å². The third-order valence-corrected chi connectivity index (χ3v) is 2.53. The molecule has 104 valence electrons. The van der Waals surface area contributed by atoms with Crippen molar-refractivity contribution in [2.24, 2.45) is 5.41 Å². The van der Waals surface area contributed by atoms with E-state index in [2.05, 4.69) is 0 Å². The number of rotatable bonds is 1. The number of carboxylic acids is 1. The van der Waals surface area contributed by atoms with Gasteiger partial charge in [-0.1, -0.05) is 0 Å². The van der Waals surface area contributed by atoms with E-state index in [4.69, 9.17) is 9.84 Å². The molecular formula is C10H14F3NO4. The Morgan fingerprint density at radius 2 is 1.67 bits per heavy atom. The number of hydrogen-bond donors (Lipinski definition) is 1. The number of carbonyl (C=O) groups is 2. The van der Waals surface area contributed by atoms with Crippen LogP contribution in [0.3, 0.4) is 0 Å². The van der Waals surface area contributed by atoms with Gasteiger partial charge in [-0.05, 0) is 20.8 Å². The van der Waals surface area contributed by atoms with Gasteiger partial charge in [0.1, 0.15) is 5.60 Å². The molecule has 1 amide bonds. The maximum absolute atomic E-state index is 12.6. The van der Waals surface area contributed by atoms with E-state index in [1.165, 1.54) is 0 Å². The van der Waals surface area contributed by atoms with Crippen LogP contribution in [0.25, 0.3) is 0 Å². The van der Waals surface area contributed by atoms with Crippen molar-refractivity contribution in [3.8, 4) is 0 Å². The summed E-state index contributed by atoms with van der Waals surface area (Å²) in [5.74, 6) is -1.98. The van der Waals surface area contributed by atoms with Crippen LogP contribution >= 0.6 is 0 Å². The number of aliphatic carboxylic acids is 1. The molecule has 8 heteroatoms. The van der Waals surface area contributed by atoms with Crippen LogP contribution in [0, 0.1) is 5.41 Å². The number of hydrogen-bond acceptors (Lipinski definition) is 3. The number of nitrogens with zero attached hydrogens (tertiary/aromatic N) is 1. The lowest BCUT2D eigenvalue weighted by molar-refractivity contribution is -0.261. The molecule has 0 spiro atoms. The molecule has 1 aliphatic heterocycles. The van der Waals surface area contributed by atoms with Gasteiger partial charge in [-0.25, -0.2) is 4.79 Å². The van der Waals surface area contributed by atoms with Crippen LogP contribution < -0.4 is 0 Å². The molecule has 1 fully saturated rings. The van der Waals surface area contributed by atoms with Crippen molar-refractivity contribution in [3.05, 3.63) is 0 Å². The molecule has 1 saturated heterocycles. The Labute approximate surface area is 102 Å². The van der Waals surface area contributed by atoms with Gasteiger partial charge >= 0.3 is 18.2 Å². The Bertz CT molecular complexity index is 366. The van der Waals surface area contributed by atoms with E-state index in [9.17, 15) is 22.8 Å². The summed E-state index contributed by atoms with van der Waals surface area (Å²) >= 11 is 0. The maximum atomic E-state index is 12.6.